The van der Waals surface area contributed by atoms with Gasteiger partial charge >= 0.3 is 12.0 Å². The van der Waals surface area contributed by atoms with Crippen molar-refractivity contribution in [1.82, 2.24) is 5.48 Å². The Labute approximate surface area is 93.9 Å². The highest BCUT2D eigenvalue weighted by molar-refractivity contribution is 5.71. The number of hydrogen-bond donors (Lipinski definition) is 3. The van der Waals surface area contributed by atoms with E-state index in [4.69, 9.17) is 5.21 Å². The molecule has 0 aromatic heterocycles. The van der Waals surface area contributed by atoms with Crippen LogP contribution in [0.25, 0.3) is 5.70 Å². The number of fused-ring (bicyclic) bond motifs is 1. The Hall–Kier alpha value is -1.73. The van der Waals surface area contributed by atoms with E-state index < -0.39 is 12.0 Å². The molecule has 0 spiro atoms. The minimum atomic E-state index is -5.01. The molecule has 0 aliphatic carbocycles. The molecular weight excluding hydrogens is 239 g/mol. The summed E-state index contributed by atoms with van der Waals surface area (Å²) >= 11 is 0. The highest BCUT2D eigenvalue weighted by atomic mass is 19.4. The molecule has 3 N–H and O–H groups in total. The average molecular weight is 247 g/mol. The Morgan fingerprint density at radius 1 is 1.24 bits per heavy atom. The molecule has 1 atom stereocenters. The molecule has 0 saturated carbocycles. The number of hydroxylamine groups is 1. The molecule has 92 valence electrons. The molecule has 1 unspecified atom stereocenters. The van der Waals surface area contributed by atoms with Crippen LogP contribution in [0.15, 0.2) is 30.3 Å². The second kappa shape index (κ2) is 3.64. The van der Waals surface area contributed by atoms with Crippen LogP contribution in [0, 0.1) is 0 Å². The highest BCUT2D eigenvalue weighted by Crippen LogP contribution is 2.41. The van der Waals surface area contributed by atoms with Crippen LogP contribution in [0.1, 0.15) is 5.56 Å². The second-order valence-electron chi connectivity index (χ2n) is 3.46. The van der Waals surface area contributed by atoms with Crippen molar-refractivity contribution in [2.24, 2.45) is 0 Å². The lowest BCUT2D eigenvalue weighted by Gasteiger charge is -2.33. The molecule has 0 saturated heterocycles. The van der Waals surface area contributed by atoms with Crippen molar-refractivity contribution in [1.29, 1.82) is 0 Å². The number of halogens is 3. The molecule has 1 aliphatic rings. The maximum Gasteiger partial charge on any atom is 0.459 e. The first kappa shape index (κ1) is 11.7. The van der Waals surface area contributed by atoms with Crippen molar-refractivity contribution in [2.45, 2.75) is 12.0 Å². The highest BCUT2D eigenvalue weighted by Gasteiger charge is 2.57. The van der Waals surface area contributed by atoms with Crippen LogP contribution >= 0.6 is 0 Å². The van der Waals surface area contributed by atoms with Crippen LogP contribution in [-0.4, -0.2) is 22.3 Å². The first-order valence-electron chi connectivity index (χ1n) is 4.58. The number of hydrogen-bond acceptors (Lipinski definition) is 4. The molecule has 1 heterocycles. The van der Waals surface area contributed by atoms with Crippen molar-refractivity contribution in [2.75, 3.05) is 0 Å². The van der Waals surface area contributed by atoms with E-state index in [0.717, 1.165) is 0 Å². The topological polar surface area (TPSA) is 61.7 Å². The summed E-state index contributed by atoms with van der Waals surface area (Å²) in [5.74, 6) is -3.63. The van der Waals surface area contributed by atoms with Gasteiger partial charge in [0.2, 0.25) is 0 Å². The summed E-state index contributed by atoms with van der Waals surface area (Å²) in [5, 5.41) is 18.2. The maximum absolute atomic E-state index is 12.6. The van der Waals surface area contributed by atoms with Crippen LogP contribution in [0.5, 0.6) is 5.75 Å². The monoisotopic (exact) mass is 247 g/mol. The van der Waals surface area contributed by atoms with Crippen molar-refractivity contribution in [3.05, 3.63) is 35.9 Å². The summed E-state index contributed by atoms with van der Waals surface area (Å²) in [4.78, 5) is 0. The zero-order valence-corrected chi connectivity index (χ0v) is 8.32. The normalized spacial score (nSPS) is 23.5. The van der Waals surface area contributed by atoms with Gasteiger partial charge in [-0.2, -0.15) is 13.2 Å². The number of ether oxygens (including phenoxy) is 1. The summed E-state index contributed by atoms with van der Waals surface area (Å²) in [7, 11) is 0. The third kappa shape index (κ3) is 1.83. The fourth-order valence-corrected chi connectivity index (χ4v) is 1.48. The number of alkyl halides is 3. The van der Waals surface area contributed by atoms with E-state index in [2.05, 4.69) is 4.74 Å². The zero-order chi connectivity index (χ0) is 12.7. The first-order valence-corrected chi connectivity index (χ1v) is 4.58. The third-order valence-electron chi connectivity index (χ3n) is 2.31. The number of rotatable bonds is 1. The van der Waals surface area contributed by atoms with Gasteiger partial charge in [0.05, 0.1) is 5.70 Å². The smallest absolute Gasteiger partial charge is 0.450 e. The standard InChI is InChI=1S/C10H8F3NO3/c11-10(12,13)9(15)5-7(14-16)6-3-1-2-4-8(6)17-9/h1-5,14-16H. The van der Waals surface area contributed by atoms with Gasteiger partial charge in [-0.3, -0.25) is 10.7 Å². The molecular formula is C10H8F3NO3. The SMILES string of the molecule is ONC1=CC(O)(C(F)(F)F)Oc2ccccc21. The van der Waals surface area contributed by atoms with Gasteiger partial charge in [0.15, 0.2) is 0 Å². The average Bonchev–Trinajstić information content (AvgIpc) is 2.26. The van der Waals surface area contributed by atoms with Crippen LogP contribution in [0.2, 0.25) is 0 Å². The van der Waals surface area contributed by atoms with E-state index in [1.54, 1.807) is 11.5 Å². The van der Waals surface area contributed by atoms with E-state index in [-0.39, 0.29) is 17.0 Å². The minimum Gasteiger partial charge on any atom is -0.450 e. The Balaban J connectivity index is 2.54. The lowest BCUT2D eigenvalue weighted by atomic mass is 10.0. The lowest BCUT2D eigenvalue weighted by Crippen LogP contribution is -2.50. The molecule has 2 rings (SSSR count). The van der Waals surface area contributed by atoms with E-state index >= 15 is 0 Å². The number of para-hydroxylation sites is 1. The molecule has 1 aromatic rings. The molecule has 0 radical (unpaired) electrons. The summed E-state index contributed by atoms with van der Waals surface area (Å²) in [6.07, 6.45) is -4.64. The number of benzene rings is 1. The van der Waals surface area contributed by atoms with Gasteiger partial charge in [0, 0.05) is 11.6 Å². The summed E-state index contributed by atoms with van der Waals surface area (Å²) < 4.78 is 42.3. The largest absolute Gasteiger partial charge is 0.459 e. The van der Waals surface area contributed by atoms with Crippen molar-refractivity contribution in [3.63, 3.8) is 0 Å². The van der Waals surface area contributed by atoms with Crippen LogP contribution in [0.4, 0.5) is 13.2 Å². The Morgan fingerprint density at radius 2 is 1.88 bits per heavy atom. The number of nitrogens with one attached hydrogen (secondary N) is 1. The molecule has 4 nitrogen and oxygen atoms in total. The molecule has 1 aliphatic heterocycles. The zero-order valence-electron chi connectivity index (χ0n) is 8.32. The predicted octanol–water partition coefficient (Wildman–Crippen LogP) is 1.65. The fourth-order valence-electron chi connectivity index (χ4n) is 1.48. The maximum atomic E-state index is 12.6. The predicted molar refractivity (Wildman–Crippen MR) is 51.0 cm³/mol. The fraction of sp³-hybridized carbons (Fsp3) is 0.200. The third-order valence-corrected chi connectivity index (χ3v) is 2.31. The minimum absolute atomic E-state index is 0.175. The molecule has 0 bridgehead atoms. The van der Waals surface area contributed by atoms with Gasteiger partial charge in [-0.25, -0.2) is 0 Å². The molecule has 0 amide bonds. The Kier molecular flexibility index (Phi) is 2.52. The quantitative estimate of drug-likeness (QED) is 0.660. The van der Waals surface area contributed by atoms with E-state index in [1.807, 2.05) is 0 Å². The van der Waals surface area contributed by atoms with Gasteiger partial charge < -0.3 is 9.84 Å². The van der Waals surface area contributed by atoms with Gasteiger partial charge in [0.25, 0.3) is 0 Å². The lowest BCUT2D eigenvalue weighted by molar-refractivity contribution is -0.311. The second-order valence-corrected chi connectivity index (χ2v) is 3.46. The molecule has 17 heavy (non-hydrogen) atoms. The van der Waals surface area contributed by atoms with Gasteiger partial charge in [-0.05, 0) is 12.1 Å². The van der Waals surface area contributed by atoms with Crippen LogP contribution < -0.4 is 10.2 Å². The molecule has 1 aromatic carbocycles. The van der Waals surface area contributed by atoms with Crippen molar-refractivity contribution in [3.8, 4) is 5.75 Å². The summed E-state index contributed by atoms with van der Waals surface area (Å²) in [6.45, 7) is 0. The first-order chi connectivity index (χ1) is 7.87. The summed E-state index contributed by atoms with van der Waals surface area (Å²) in [6, 6.07) is 5.72. The van der Waals surface area contributed by atoms with Gasteiger partial charge in [-0.1, -0.05) is 12.1 Å². The Bertz CT molecular complexity index is 472. The van der Waals surface area contributed by atoms with Gasteiger partial charge in [0.1, 0.15) is 5.75 Å². The van der Waals surface area contributed by atoms with Crippen molar-refractivity contribution >= 4 is 5.70 Å². The van der Waals surface area contributed by atoms with E-state index in [0.29, 0.717) is 6.08 Å². The van der Waals surface area contributed by atoms with Gasteiger partial charge in [-0.15, -0.1) is 0 Å². The molecule has 0 fully saturated rings. The molecule has 7 heteroatoms. The van der Waals surface area contributed by atoms with E-state index in [1.165, 1.54) is 18.2 Å². The number of aliphatic hydroxyl groups is 1. The van der Waals surface area contributed by atoms with E-state index in [9.17, 15) is 18.3 Å². The van der Waals surface area contributed by atoms with Crippen LogP contribution in [-0.2, 0) is 0 Å². The van der Waals surface area contributed by atoms with Crippen molar-refractivity contribution < 1.29 is 28.2 Å². The van der Waals surface area contributed by atoms with Crippen LogP contribution in [0.3, 0.4) is 0 Å². The summed E-state index contributed by atoms with van der Waals surface area (Å²) in [5.41, 5.74) is 1.56. The Morgan fingerprint density at radius 3 is 2.47 bits per heavy atom.